The average Bonchev–Trinajstić information content (AvgIpc) is 2.90. The number of ether oxygens (including phenoxy) is 2. The number of amides is 1. The molecule has 190 valence electrons. The third-order valence-corrected chi connectivity index (χ3v) is 6.25. The van der Waals surface area contributed by atoms with Crippen LogP contribution in [0, 0.1) is 0 Å². The molecule has 9 nitrogen and oxygen atoms in total. The van der Waals surface area contributed by atoms with Crippen molar-refractivity contribution in [3.05, 3.63) is 77.9 Å². The Bertz CT molecular complexity index is 1140. The summed E-state index contributed by atoms with van der Waals surface area (Å²) in [6.45, 7) is 5.48. The molecule has 2 aromatic carbocycles. The van der Waals surface area contributed by atoms with Crippen molar-refractivity contribution in [2.45, 2.75) is 37.6 Å². The molecule has 2 aromatic rings. The second kappa shape index (κ2) is 11.7. The van der Waals surface area contributed by atoms with Crippen LogP contribution < -0.4 is 26.8 Å². The van der Waals surface area contributed by atoms with E-state index in [2.05, 4.69) is 22.2 Å². The predicted octanol–water partition coefficient (Wildman–Crippen LogP) is 2.45. The SMILES string of the molecule is C=CC(O)Nc1ccccc1C1CCN=C(C(C(N)=O)=C(N)c2ccc(OC3CCOCC3)cc2)N1. The number of primary amides is 1. The second-order valence-corrected chi connectivity index (χ2v) is 8.73. The molecule has 2 heterocycles. The van der Waals surface area contributed by atoms with Crippen LogP contribution in [0.25, 0.3) is 5.70 Å². The summed E-state index contributed by atoms with van der Waals surface area (Å²) >= 11 is 0. The summed E-state index contributed by atoms with van der Waals surface area (Å²) in [5.41, 5.74) is 14.9. The van der Waals surface area contributed by atoms with Crippen LogP contribution in [0.3, 0.4) is 0 Å². The molecule has 0 spiro atoms. The summed E-state index contributed by atoms with van der Waals surface area (Å²) in [4.78, 5) is 17.0. The lowest BCUT2D eigenvalue weighted by Gasteiger charge is -2.28. The molecule has 2 aliphatic heterocycles. The fourth-order valence-corrected chi connectivity index (χ4v) is 4.34. The normalized spacial score (nSPS) is 19.8. The van der Waals surface area contributed by atoms with Gasteiger partial charge in [-0.05, 0) is 54.0 Å². The average molecular weight is 492 g/mol. The van der Waals surface area contributed by atoms with Crippen molar-refractivity contribution in [1.29, 1.82) is 0 Å². The Balaban J connectivity index is 1.55. The van der Waals surface area contributed by atoms with Crippen LogP contribution in [-0.2, 0) is 9.53 Å². The standard InChI is InChI=1S/C27H33N5O4/c1-2-23(33)31-21-6-4-3-5-20(21)22-11-14-30-27(32-22)24(26(29)34)25(28)17-7-9-18(10-8-17)36-19-12-15-35-16-13-19/h2-10,19,22-23,31,33H,1,11-16,28H2,(H2,29,34)(H,30,32). The van der Waals surface area contributed by atoms with E-state index in [1.165, 1.54) is 6.08 Å². The first-order valence-electron chi connectivity index (χ1n) is 12.1. The Morgan fingerprint density at radius 3 is 2.58 bits per heavy atom. The van der Waals surface area contributed by atoms with E-state index >= 15 is 0 Å². The van der Waals surface area contributed by atoms with Gasteiger partial charge in [0.25, 0.3) is 5.91 Å². The lowest BCUT2D eigenvalue weighted by atomic mass is 9.98. The van der Waals surface area contributed by atoms with E-state index in [-0.39, 0.29) is 23.4 Å². The van der Waals surface area contributed by atoms with E-state index in [9.17, 15) is 9.90 Å². The number of hydrogen-bond donors (Lipinski definition) is 5. The smallest absolute Gasteiger partial charge is 0.254 e. The molecule has 0 saturated carbocycles. The molecule has 1 amide bonds. The molecule has 1 fully saturated rings. The molecule has 0 bridgehead atoms. The molecule has 0 aliphatic carbocycles. The molecule has 0 radical (unpaired) electrons. The van der Waals surface area contributed by atoms with Gasteiger partial charge in [0.15, 0.2) is 0 Å². The summed E-state index contributed by atoms with van der Waals surface area (Å²) < 4.78 is 11.4. The van der Waals surface area contributed by atoms with E-state index in [4.69, 9.17) is 20.9 Å². The number of benzene rings is 2. The van der Waals surface area contributed by atoms with Crippen LogP contribution in [-0.4, -0.2) is 48.9 Å². The number of nitrogens with one attached hydrogen (secondary N) is 2. The number of para-hydroxylation sites is 1. The zero-order valence-corrected chi connectivity index (χ0v) is 20.2. The predicted molar refractivity (Wildman–Crippen MR) is 140 cm³/mol. The van der Waals surface area contributed by atoms with Crippen molar-refractivity contribution in [2.75, 3.05) is 25.1 Å². The molecular formula is C27H33N5O4. The van der Waals surface area contributed by atoms with Gasteiger partial charge in [0.1, 0.15) is 29.5 Å². The second-order valence-electron chi connectivity index (χ2n) is 8.73. The number of aliphatic hydroxyl groups is 1. The van der Waals surface area contributed by atoms with Crippen molar-refractivity contribution in [3.63, 3.8) is 0 Å². The molecule has 1 saturated heterocycles. The van der Waals surface area contributed by atoms with Gasteiger partial charge in [-0.3, -0.25) is 9.79 Å². The van der Waals surface area contributed by atoms with Gasteiger partial charge in [-0.1, -0.05) is 24.8 Å². The molecule has 36 heavy (non-hydrogen) atoms. The fraction of sp³-hybridized carbons (Fsp3) is 0.333. The third kappa shape index (κ3) is 6.05. The quantitative estimate of drug-likeness (QED) is 0.206. The Hall–Kier alpha value is -3.82. The van der Waals surface area contributed by atoms with Gasteiger partial charge in [-0.15, -0.1) is 0 Å². The number of rotatable bonds is 9. The van der Waals surface area contributed by atoms with E-state index in [1.807, 2.05) is 48.5 Å². The first-order valence-corrected chi connectivity index (χ1v) is 12.1. The fourth-order valence-electron chi connectivity index (χ4n) is 4.34. The summed E-state index contributed by atoms with van der Waals surface area (Å²) in [7, 11) is 0. The number of carbonyl (C=O) groups is 1. The number of aliphatic imine (C=N–C) groups is 1. The highest BCUT2D eigenvalue weighted by atomic mass is 16.5. The van der Waals surface area contributed by atoms with Crippen LogP contribution in [0.5, 0.6) is 5.75 Å². The maximum atomic E-state index is 12.5. The minimum Gasteiger partial charge on any atom is -0.490 e. The molecule has 2 atom stereocenters. The van der Waals surface area contributed by atoms with Crippen LogP contribution in [0.1, 0.15) is 36.4 Å². The molecule has 2 aliphatic rings. The Morgan fingerprint density at radius 1 is 1.17 bits per heavy atom. The molecule has 0 aromatic heterocycles. The number of amidine groups is 1. The van der Waals surface area contributed by atoms with E-state index in [0.717, 1.165) is 29.8 Å². The van der Waals surface area contributed by atoms with Gasteiger partial charge in [0, 0.05) is 25.1 Å². The van der Waals surface area contributed by atoms with Crippen molar-refractivity contribution in [3.8, 4) is 5.75 Å². The highest BCUT2D eigenvalue weighted by molar-refractivity contribution is 6.25. The molecule has 4 rings (SSSR count). The topological polar surface area (TPSA) is 144 Å². The number of hydrogen-bond acceptors (Lipinski definition) is 8. The number of anilines is 1. The lowest BCUT2D eigenvalue weighted by molar-refractivity contribution is -0.114. The molecule has 7 N–H and O–H groups in total. The first kappa shape index (κ1) is 25.3. The van der Waals surface area contributed by atoms with E-state index in [0.29, 0.717) is 37.6 Å². The minimum atomic E-state index is -0.891. The summed E-state index contributed by atoms with van der Waals surface area (Å²) in [6.07, 6.45) is 3.05. The van der Waals surface area contributed by atoms with Gasteiger partial charge in [0.2, 0.25) is 0 Å². The summed E-state index contributed by atoms with van der Waals surface area (Å²) in [6, 6.07) is 14.7. The maximum Gasteiger partial charge on any atom is 0.254 e. The van der Waals surface area contributed by atoms with Crippen molar-refractivity contribution in [1.82, 2.24) is 5.32 Å². The number of aliphatic hydroxyl groups excluding tert-OH is 1. The molecule has 2 unspecified atom stereocenters. The summed E-state index contributed by atoms with van der Waals surface area (Å²) in [5, 5.41) is 16.3. The minimum absolute atomic E-state index is 0.126. The zero-order chi connectivity index (χ0) is 25.5. The Labute approximate surface area is 210 Å². The van der Waals surface area contributed by atoms with Crippen LogP contribution >= 0.6 is 0 Å². The van der Waals surface area contributed by atoms with Crippen molar-refractivity contribution in [2.24, 2.45) is 16.5 Å². The lowest BCUT2D eigenvalue weighted by Crippen LogP contribution is -2.39. The maximum absolute atomic E-state index is 12.5. The first-order chi connectivity index (χ1) is 17.5. The van der Waals surface area contributed by atoms with E-state index < -0.39 is 12.1 Å². The Kier molecular flexibility index (Phi) is 8.24. The number of nitrogens with two attached hydrogens (primary N) is 2. The highest BCUT2D eigenvalue weighted by Crippen LogP contribution is 2.29. The van der Waals surface area contributed by atoms with Gasteiger partial charge in [-0.2, -0.15) is 0 Å². The molecule has 9 heteroatoms. The van der Waals surface area contributed by atoms with Crippen LogP contribution in [0.4, 0.5) is 5.69 Å². The van der Waals surface area contributed by atoms with Crippen LogP contribution in [0.15, 0.2) is 71.8 Å². The highest BCUT2D eigenvalue weighted by Gasteiger charge is 2.26. The number of carbonyl (C=O) groups excluding carboxylic acids is 1. The third-order valence-electron chi connectivity index (χ3n) is 6.25. The monoisotopic (exact) mass is 491 g/mol. The Morgan fingerprint density at radius 2 is 1.89 bits per heavy atom. The van der Waals surface area contributed by atoms with Gasteiger partial charge in [0.05, 0.1) is 25.0 Å². The van der Waals surface area contributed by atoms with Gasteiger partial charge < -0.3 is 36.7 Å². The van der Waals surface area contributed by atoms with Crippen molar-refractivity contribution >= 4 is 23.1 Å². The van der Waals surface area contributed by atoms with Crippen LogP contribution in [0.2, 0.25) is 0 Å². The van der Waals surface area contributed by atoms with Gasteiger partial charge in [-0.25, -0.2) is 0 Å². The van der Waals surface area contributed by atoms with E-state index in [1.54, 1.807) is 0 Å². The zero-order valence-electron chi connectivity index (χ0n) is 20.2. The number of nitrogens with zero attached hydrogens (tertiary/aromatic N) is 1. The van der Waals surface area contributed by atoms with Crippen molar-refractivity contribution < 1.29 is 19.4 Å². The largest absolute Gasteiger partial charge is 0.490 e. The van der Waals surface area contributed by atoms with Gasteiger partial charge >= 0.3 is 0 Å². The summed E-state index contributed by atoms with van der Waals surface area (Å²) in [5.74, 6) is 0.409. The molecular weight excluding hydrogens is 458 g/mol.